The summed E-state index contributed by atoms with van der Waals surface area (Å²) in [5.74, 6) is -2.92. The lowest BCUT2D eigenvalue weighted by Crippen LogP contribution is -2.33. The third kappa shape index (κ3) is 6.71. The summed E-state index contributed by atoms with van der Waals surface area (Å²) >= 11 is 0. The van der Waals surface area contributed by atoms with Crippen LogP contribution in [0.4, 0.5) is 0 Å². The average Bonchev–Trinajstić information content (AvgIpc) is 2.31. The number of ether oxygens (including phenoxy) is 1. The summed E-state index contributed by atoms with van der Waals surface area (Å²) in [6.07, 6.45) is -1.16. The molecule has 8 nitrogen and oxygen atoms in total. The van der Waals surface area contributed by atoms with Gasteiger partial charge >= 0.3 is 5.97 Å². The second kappa shape index (κ2) is 8.55. The van der Waals surface area contributed by atoms with Gasteiger partial charge in [-0.2, -0.15) is 0 Å². The van der Waals surface area contributed by atoms with Gasteiger partial charge in [0, 0.05) is 0 Å². The number of carboxylic acids is 1. The number of hydrogen-bond donors (Lipinski definition) is 4. The number of rotatable bonds is 8. The Balaban J connectivity index is 4.01. The standard InChI is InChI=1S/C7H12O8S2/c8-1-3(2-9)15-5(12)7(14)17-16-6(13)4(10)11/h3,6-9,13-14H,1-2H2,(H,10,11)/p-1. The first-order valence-corrected chi connectivity index (χ1v) is 6.51. The van der Waals surface area contributed by atoms with Crippen LogP contribution in [0.5, 0.6) is 0 Å². The molecular formula is C7H11O8S2-. The largest absolute Gasteiger partial charge is 0.546 e. The average molecular weight is 287 g/mol. The molecule has 2 unspecified atom stereocenters. The summed E-state index contributed by atoms with van der Waals surface area (Å²) in [6, 6.07) is 0. The Labute approximate surface area is 104 Å². The van der Waals surface area contributed by atoms with E-state index in [1.165, 1.54) is 0 Å². The molecule has 0 aromatic carbocycles. The molecule has 17 heavy (non-hydrogen) atoms. The molecule has 0 fully saturated rings. The topological polar surface area (TPSA) is 147 Å². The van der Waals surface area contributed by atoms with Gasteiger partial charge in [-0.05, 0) is 10.8 Å². The molecule has 4 N–H and O–H groups in total. The Morgan fingerprint density at radius 1 is 1.12 bits per heavy atom. The van der Waals surface area contributed by atoms with Gasteiger partial charge in [0.25, 0.3) is 0 Å². The first-order valence-electron chi connectivity index (χ1n) is 4.23. The van der Waals surface area contributed by atoms with E-state index >= 15 is 0 Å². The van der Waals surface area contributed by atoms with Crippen molar-refractivity contribution < 1.29 is 39.9 Å². The highest BCUT2D eigenvalue weighted by molar-refractivity contribution is 8.77. The summed E-state index contributed by atoms with van der Waals surface area (Å²) in [6.45, 7) is -1.23. The van der Waals surface area contributed by atoms with E-state index in [4.69, 9.17) is 20.4 Å². The molecule has 0 aliphatic carbocycles. The highest BCUT2D eigenvalue weighted by Gasteiger charge is 2.23. The summed E-state index contributed by atoms with van der Waals surface area (Å²) in [5.41, 5.74) is -3.65. The van der Waals surface area contributed by atoms with Crippen LogP contribution in [-0.2, 0) is 14.3 Å². The van der Waals surface area contributed by atoms with Crippen molar-refractivity contribution in [1.82, 2.24) is 0 Å². The molecule has 2 atom stereocenters. The second-order valence-electron chi connectivity index (χ2n) is 2.64. The fourth-order valence-corrected chi connectivity index (χ4v) is 2.06. The normalized spacial score (nSPS) is 14.4. The lowest BCUT2D eigenvalue weighted by Gasteiger charge is -2.16. The van der Waals surface area contributed by atoms with Crippen molar-refractivity contribution in [3.8, 4) is 0 Å². The van der Waals surface area contributed by atoms with Crippen molar-refractivity contribution in [3.05, 3.63) is 0 Å². The van der Waals surface area contributed by atoms with Crippen LogP contribution in [0.15, 0.2) is 0 Å². The first-order chi connectivity index (χ1) is 7.92. The van der Waals surface area contributed by atoms with Crippen LogP contribution in [-0.4, -0.2) is 62.6 Å². The molecule has 0 aromatic heterocycles. The van der Waals surface area contributed by atoms with Gasteiger partial charge < -0.3 is 35.1 Å². The zero-order valence-corrected chi connectivity index (χ0v) is 10.0. The van der Waals surface area contributed by atoms with Crippen molar-refractivity contribution in [2.75, 3.05) is 13.2 Å². The molecule has 0 saturated heterocycles. The number of esters is 1. The molecule has 0 spiro atoms. The number of carboxylic acid groups (broad SMARTS) is 1. The fraction of sp³-hybridized carbons (Fsp3) is 0.714. The van der Waals surface area contributed by atoms with Gasteiger partial charge in [-0.1, -0.05) is 10.8 Å². The number of carbonyl (C=O) groups excluding carboxylic acids is 2. The molecule has 0 heterocycles. The van der Waals surface area contributed by atoms with Crippen molar-refractivity contribution in [2.24, 2.45) is 0 Å². The van der Waals surface area contributed by atoms with E-state index in [1.807, 2.05) is 0 Å². The monoisotopic (exact) mass is 287 g/mol. The predicted molar refractivity (Wildman–Crippen MR) is 56.3 cm³/mol. The smallest absolute Gasteiger partial charge is 0.346 e. The van der Waals surface area contributed by atoms with Crippen LogP contribution in [0.3, 0.4) is 0 Å². The molecule has 0 bridgehead atoms. The van der Waals surface area contributed by atoms with E-state index in [0.29, 0.717) is 21.6 Å². The maximum Gasteiger partial charge on any atom is 0.346 e. The van der Waals surface area contributed by atoms with E-state index in [9.17, 15) is 14.7 Å². The SMILES string of the molecule is O=C([O-])C(O)SSC(O)C(=O)OC(CO)CO. The maximum atomic E-state index is 11.1. The Morgan fingerprint density at radius 2 is 1.59 bits per heavy atom. The minimum absolute atomic E-state index is 0.298. The molecule has 0 aromatic rings. The Bertz CT molecular complexity index is 256. The first kappa shape index (κ1) is 16.5. The third-order valence-corrected chi connectivity index (χ3v) is 3.62. The quantitative estimate of drug-likeness (QED) is 0.203. The molecule has 100 valence electrons. The maximum absolute atomic E-state index is 11.1. The van der Waals surface area contributed by atoms with Gasteiger partial charge in [-0.25, -0.2) is 4.79 Å². The molecule has 0 radical (unpaired) electrons. The Morgan fingerprint density at radius 3 is 2.00 bits per heavy atom. The van der Waals surface area contributed by atoms with Gasteiger partial charge in [0.1, 0.15) is 11.5 Å². The van der Waals surface area contributed by atoms with Gasteiger partial charge in [0.15, 0.2) is 0 Å². The summed E-state index contributed by atoms with van der Waals surface area (Å²) < 4.78 is 4.44. The molecule has 0 aliphatic rings. The second-order valence-corrected chi connectivity index (χ2v) is 5.07. The number of carbonyl (C=O) groups is 2. The van der Waals surface area contributed by atoms with Crippen molar-refractivity contribution in [1.29, 1.82) is 0 Å². The van der Waals surface area contributed by atoms with Crippen LogP contribution >= 0.6 is 21.6 Å². The minimum atomic E-state index is -1.89. The van der Waals surface area contributed by atoms with E-state index in [-0.39, 0.29) is 0 Å². The summed E-state index contributed by atoms with van der Waals surface area (Å²) in [5, 5.41) is 45.2. The van der Waals surface area contributed by atoms with E-state index < -0.39 is 42.1 Å². The van der Waals surface area contributed by atoms with Gasteiger partial charge in [-0.15, -0.1) is 0 Å². The highest BCUT2D eigenvalue weighted by Crippen LogP contribution is 2.29. The Hall–Kier alpha value is -0.520. The van der Waals surface area contributed by atoms with Crippen LogP contribution in [0.1, 0.15) is 0 Å². The number of aliphatic hydroxyl groups excluding tert-OH is 4. The van der Waals surface area contributed by atoms with E-state index in [1.54, 1.807) is 0 Å². The van der Waals surface area contributed by atoms with Crippen molar-refractivity contribution in [3.63, 3.8) is 0 Å². The minimum Gasteiger partial charge on any atom is -0.546 e. The summed E-state index contributed by atoms with van der Waals surface area (Å²) in [4.78, 5) is 21.2. The number of hydrogen-bond acceptors (Lipinski definition) is 10. The molecule has 0 saturated carbocycles. The van der Waals surface area contributed by atoms with Crippen molar-refractivity contribution in [2.45, 2.75) is 17.0 Å². The lowest BCUT2D eigenvalue weighted by molar-refractivity contribution is -0.310. The summed E-state index contributed by atoms with van der Waals surface area (Å²) in [7, 11) is 0.645. The zero-order valence-electron chi connectivity index (χ0n) is 8.38. The van der Waals surface area contributed by atoms with Gasteiger partial charge in [-0.3, -0.25) is 0 Å². The molecule has 0 rings (SSSR count). The van der Waals surface area contributed by atoms with E-state index in [0.717, 1.165) is 0 Å². The third-order valence-electron chi connectivity index (χ3n) is 1.33. The van der Waals surface area contributed by atoms with Crippen LogP contribution in [0, 0.1) is 0 Å². The molecule has 0 aliphatic heterocycles. The highest BCUT2D eigenvalue weighted by atomic mass is 33.1. The van der Waals surface area contributed by atoms with Gasteiger partial charge in [0.05, 0.1) is 19.2 Å². The van der Waals surface area contributed by atoms with Crippen LogP contribution in [0.2, 0.25) is 0 Å². The van der Waals surface area contributed by atoms with Crippen LogP contribution in [0.25, 0.3) is 0 Å². The van der Waals surface area contributed by atoms with E-state index in [2.05, 4.69) is 4.74 Å². The zero-order chi connectivity index (χ0) is 13.4. The van der Waals surface area contributed by atoms with Gasteiger partial charge in [0.2, 0.25) is 5.44 Å². The van der Waals surface area contributed by atoms with Crippen molar-refractivity contribution >= 4 is 33.5 Å². The molecular weight excluding hydrogens is 276 g/mol. The fourth-order valence-electron chi connectivity index (χ4n) is 0.539. The predicted octanol–water partition coefficient (Wildman–Crippen LogP) is -3.35. The van der Waals surface area contributed by atoms with Crippen LogP contribution < -0.4 is 5.11 Å². The number of aliphatic carboxylic acids is 1. The molecule has 10 heteroatoms. The Kier molecular flexibility index (Phi) is 8.29. The lowest BCUT2D eigenvalue weighted by atomic mass is 10.4. The number of aliphatic hydroxyl groups is 4. The molecule has 0 amide bonds.